The van der Waals surface area contributed by atoms with Crippen LogP contribution in [-0.2, 0) is 4.79 Å². The molecule has 2 bridgehead atoms. The number of halogens is 4. The Balaban J connectivity index is 1.48. The van der Waals surface area contributed by atoms with Crippen molar-refractivity contribution in [1.82, 2.24) is 15.3 Å². The average Bonchev–Trinajstić information content (AvgIpc) is 2.97. The fraction of sp³-hybridized carbons (Fsp3) is 0.312. The summed E-state index contributed by atoms with van der Waals surface area (Å²) in [5, 5.41) is 14.0. The fourth-order valence-corrected chi connectivity index (χ4v) is 7.21. The number of carboxylic acids is 1. The molecule has 0 radical (unpaired) electrons. The molecule has 0 spiro atoms. The van der Waals surface area contributed by atoms with E-state index in [1.54, 1.807) is 0 Å². The molecule has 3 aliphatic rings. The Kier molecular flexibility index (Phi) is 7.19. The molecule has 2 aromatic heterocycles. The van der Waals surface area contributed by atoms with Crippen molar-refractivity contribution in [3.8, 4) is 17.0 Å². The lowest BCUT2D eigenvalue weighted by Crippen LogP contribution is -2.62. The number of fused-ring (bicyclic) bond motifs is 4. The standard InChI is InChI=1S/C32H27BrF3N3O4/c1-18-25(21-16-20(33)9-10-23(21)38-26(18)19-6-3-2-4-7-19)28(40)39-31-13-11-30(12-14-31,29(41)42)17-22(31)27-24(8-5-15-37-27)43-32(34,35)36/h2-10,15-16,22H,11-14,17H2,1H3,(H,39,40)(H,41,42)/t22-,30?,31?/m1/s1. The second-order valence-electron chi connectivity index (χ2n) is 11.4. The number of aliphatic carboxylic acids is 1. The van der Waals surface area contributed by atoms with Crippen molar-refractivity contribution < 1.29 is 32.6 Å². The monoisotopic (exact) mass is 653 g/mol. The van der Waals surface area contributed by atoms with Crippen LogP contribution in [0.15, 0.2) is 71.3 Å². The average molecular weight is 654 g/mol. The first-order valence-electron chi connectivity index (χ1n) is 13.8. The normalized spacial score (nSPS) is 23.2. The number of ether oxygens (including phenoxy) is 1. The number of alkyl halides is 3. The summed E-state index contributed by atoms with van der Waals surface area (Å²) in [6.45, 7) is 1.82. The maximum Gasteiger partial charge on any atom is 0.573 e. The molecule has 1 atom stereocenters. The number of benzene rings is 2. The van der Waals surface area contributed by atoms with Gasteiger partial charge < -0.3 is 15.2 Å². The van der Waals surface area contributed by atoms with E-state index >= 15 is 0 Å². The third kappa shape index (κ3) is 5.24. The number of hydrogen-bond donors (Lipinski definition) is 2. The van der Waals surface area contributed by atoms with Gasteiger partial charge in [0.15, 0.2) is 5.75 Å². The van der Waals surface area contributed by atoms with Gasteiger partial charge >= 0.3 is 12.3 Å². The molecule has 3 aliphatic carbocycles. The largest absolute Gasteiger partial charge is 0.573 e. The van der Waals surface area contributed by atoms with Gasteiger partial charge in [0.25, 0.3) is 5.91 Å². The van der Waals surface area contributed by atoms with E-state index in [4.69, 9.17) is 4.98 Å². The molecule has 0 aliphatic heterocycles. The predicted molar refractivity (Wildman–Crippen MR) is 157 cm³/mol. The quantitative estimate of drug-likeness (QED) is 0.223. The smallest absolute Gasteiger partial charge is 0.481 e. The highest BCUT2D eigenvalue weighted by Gasteiger charge is 2.60. The van der Waals surface area contributed by atoms with Gasteiger partial charge in [0, 0.05) is 33.1 Å². The van der Waals surface area contributed by atoms with Crippen LogP contribution in [0.3, 0.4) is 0 Å². The summed E-state index contributed by atoms with van der Waals surface area (Å²) in [4.78, 5) is 36.0. The van der Waals surface area contributed by atoms with E-state index in [0.29, 0.717) is 27.7 Å². The zero-order valence-electron chi connectivity index (χ0n) is 23.0. The molecule has 7 nitrogen and oxygen atoms in total. The third-order valence-corrected chi connectivity index (χ3v) is 9.49. The van der Waals surface area contributed by atoms with Crippen LogP contribution in [0.5, 0.6) is 5.75 Å². The molecule has 2 N–H and O–H groups in total. The molecule has 11 heteroatoms. The Bertz CT molecular complexity index is 1740. The molecule has 7 rings (SSSR count). The number of carboxylic acid groups (broad SMARTS) is 1. The molecule has 0 saturated heterocycles. The summed E-state index contributed by atoms with van der Waals surface area (Å²) in [5.41, 5.74) is 0.918. The van der Waals surface area contributed by atoms with E-state index in [9.17, 15) is 27.9 Å². The molecular formula is C32H27BrF3N3O4. The highest BCUT2D eigenvalue weighted by atomic mass is 79.9. The number of aromatic nitrogens is 2. The van der Waals surface area contributed by atoms with Gasteiger partial charge in [-0.25, -0.2) is 4.98 Å². The molecule has 3 fully saturated rings. The number of pyridine rings is 2. The van der Waals surface area contributed by atoms with Crippen molar-refractivity contribution in [2.24, 2.45) is 5.41 Å². The minimum Gasteiger partial charge on any atom is -0.481 e. The predicted octanol–water partition coefficient (Wildman–Crippen LogP) is 7.57. The highest BCUT2D eigenvalue weighted by molar-refractivity contribution is 9.10. The van der Waals surface area contributed by atoms with Crippen molar-refractivity contribution in [2.45, 2.75) is 56.8 Å². The second-order valence-corrected chi connectivity index (χ2v) is 12.3. The van der Waals surface area contributed by atoms with E-state index in [1.807, 2.05) is 55.5 Å². The minimum absolute atomic E-state index is 0.0186. The van der Waals surface area contributed by atoms with Crippen LogP contribution in [-0.4, -0.2) is 38.9 Å². The first kappa shape index (κ1) is 29.1. The lowest BCUT2D eigenvalue weighted by Gasteiger charge is -2.56. The van der Waals surface area contributed by atoms with E-state index in [0.717, 1.165) is 10.0 Å². The summed E-state index contributed by atoms with van der Waals surface area (Å²) < 4.78 is 45.3. The zero-order valence-corrected chi connectivity index (χ0v) is 24.6. The van der Waals surface area contributed by atoms with E-state index in [1.165, 1.54) is 18.3 Å². The number of carbonyl (C=O) groups excluding carboxylic acids is 1. The Morgan fingerprint density at radius 1 is 1.05 bits per heavy atom. The Labute approximate surface area is 253 Å². The number of rotatable bonds is 6. The number of carbonyl (C=O) groups is 2. The van der Waals surface area contributed by atoms with Crippen LogP contribution in [0.25, 0.3) is 22.2 Å². The minimum atomic E-state index is -4.97. The molecule has 3 saturated carbocycles. The van der Waals surface area contributed by atoms with Gasteiger partial charge in [0.2, 0.25) is 0 Å². The van der Waals surface area contributed by atoms with Gasteiger partial charge in [-0.2, -0.15) is 0 Å². The summed E-state index contributed by atoms with van der Waals surface area (Å²) >= 11 is 3.50. The van der Waals surface area contributed by atoms with Crippen molar-refractivity contribution in [3.63, 3.8) is 0 Å². The summed E-state index contributed by atoms with van der Waals surface area (Å²) in [7, 11) is 0. The molecule has 0 unspecified atom stereocenters. The topological polar surface area (TPSA) is 101 Å². The lowest BCUT2D eigenvalue weighted by atomic mass is 9.52. The van der Waals surface area contributed by atoms with Gasteiger partial charge in [-0.05, 0) is 74.9 Å². The van der Waals surface area contributed by atoms with Gasteiger partial charge in [-0.15, -0.1) is 13.2 Å². The van der Waals surface area contributed by atoms with Crippen LogP contribution < -0.4 is 10.1 Å². The molecule has 2 aromatic carbocycles. The zero-order chi connectivity index (χ0) is 30.6. The Morgan fingerprint density at radius 3 is 2.44 bits per heavy atom. The van der Waals surface area contributed by atoms with Crippen LogP contribution in [0, 0.1) is 12.3 Å². The van der Waals surface area contributed by atoms with Crippen LogP contribution >= 0.6 is 15.9 Å². The first-order chi connectivity index (χ1) is 20.4. The van der Waals surface area contributed by atoms with Crippen molar-refractivity contribution in [1.29, 1.82) is 0 Å². The first-order valence-corrected chi connectivity index (χ1v) is 14.6. The van der Waals surface area contributed by atoms with E-state index in [2.05, 4.69) is 31.0 Å². The second kappa shape index (κ2) is 10.6. The molecular weight excluding hydrogens is 627 g/mol. The lowest BCUT2D eigenvalue weighted by molar-refractivity contribution is -0.275. The van der Waals surface area contributed by atoms with Crippen LogP contribution in [0.1, 0.15) is 59.6 Å². The third-order valence-electron chi connectivity index (χ3n) is 9.00. The van der Waals surface area contributed by atoms with Gasteiger partial charge in [0.05, 0.1) is 27.9 Å². The number of nitrogens with one attached hydrogen (secondary N) is 1. The Morgan fingerprint density at radius 2 is 1.77 bits per heavy atom. The molecule has 2 heterocycles. The summed E-state index contributed by atoms with van der Waals surface area (Å²) in [6.07, 6.45) is -2.53. The maximum atomic E-state index is 14.4. The highest BCUT2D eigenvalue weighted by Crippen LogP contribution is 2.59. The summed E-state index contributed by atoms with van der Waals surface area (Å²) in [5.74, 6) is -2.74. The SMILES string of the molecule is Cc1c(-c2ccccc2)nc2ccc(Br)cc2c1C(=O)NC12CCC(C(=O)O)(CC1)C[C@@H]2c1ncccc1OC(F)(F)F. The molecule has 1 amide bonds. The van der Waals surface area contributed by atoms with E-state index < -0.39 is 40.9 Å². The number of nitrogens with zero attached hydrogens (tertiary/aromatic N) is 2. The summed E-state index contributed by atoms with van der Waals surface area (Å²) in [6, 6.07) is 17.5. The van der Waals surface area contributed by atoms with Crippen molar-refractivity contribution >= 4 is 38.7 Å². The fourth-order valence-electron chi connectivity index (χ4n) is 6.85. The van der Waals surface area contributed by atoms with Gasteiger partial charge in [-0.1, -0.05) is 46.3 Å². The number of amides is 1. The number of hydrogen-bond acceptors (Lipinski definition) is 5. The van der Waals surface area contributed by atoms with Crippen LogP contribution in [0.2, 0.25) is 0 Å². The van der Waals surface area contributed by atoms with Crippen molar-refractivity contribution in [3.05, 3.63) is 88.2 Å². The molecule has 222 valence electrons. The Hall–Kier alpha value is -3.99. The van der Waals surface area contributed by atoms with E-state index in [-0.39, 0.29) is 37.8 Å². The van der Waals surface area contributed by atoms with Gasteiger partial charge in [0.1, 0.15) is 0 Å². The maximum absolute atomic E-state index is 14.4. The van der Waals surface area contributed by atoms with Crippen LogP contribution in [0.4, 0.5) is 13.2 Å². The van der Waals surface area contributed by atoms with Crippen molar-refractivity contribution in [2.75, 3.05) is 0 Å². The molecule has 43 heavy (non-hydrogen) atoms. The van der Waals surface area contributed by atoms with Gasteiger partial charge in [-0.3, -0.25) is 14.6 Å². The molecule has 4 aromatic rings.